The monoisotopic (exact) mass is 148 g/mol. The lowest BCUT2D eigenvalue weighted by Gasteiger charge is -2.38. The Bertz CT molecular complexity index is 168. The molecule has 2 rings (SSSR count). The van der Waals surface area contributed by atoms with Crippen molar-refractivity contribution in [2.45, 2.75) is 36.5 Å². The van der Waals surface area contributed by atoms with Crippen LogP contribution in [0.15, 0.2) is 0 Å². The molecule has 2 fully saturated rings. The minimum absolute atomic E-state index is 0.0849. The smallest absolute Gasteiger partial charge is 0.121 e. The van der Waals surface area contributed by atoms with Crippen molar-refractivity contribution in [3.8, 4) is 0 Å². The molecule has 0 aromatic heterocycles. The lowest BCUT2D eigenvalue weighted by molar-refractivity contribution is 0.0375. The minimum Gasteiger partial charge on any atom is -0.388 e. The number of epoxide rings is 1. The van der Waals surface area contributed by atoms with Gasteiger partial charge in [-0.3, -0.25) is 0 Å². The summed E-state index contributed by atoms with van der Waals surface area (Å²) in [6, 6.07) is 0. The quantitative estimate of drug-likeness (QED) is 0.401. The summed E-state index contributed by atoms with van der Waals surface area (Å²) in [5.41, 5.74) is -0.295. The summed E-state index contributed by atoms with van der Waals surface area (Å²) in [4.78, 5) is -0.519. The first-order chi connectivity index (χ1) is 3.99. The minimum atomic E-state index is -0.519. The topological polar surface area (TPSA) is 32.8 Å². The number of fused-ring (bicyclic) bond motifs is 1. The maximum atomic E-state index is 9.29. The molecule has 1 N–H and O–H groups in total. The molecule has 2 nitrogen and oxygen atoms in total. The Balaban J connectivity index is 2.24. The molecule has 3 heteroatoms. The van der Waals surface area contributed by atoms with E-state index in [0.29, 0.717) is 0 Å². The van der Waals surface area contributed by atoms with Crippen LogP contribution in [0.1, 0.15) is 13.8 Å². The van der Waals surface area contributed by atoms with Crippen LogP contribution in [-0.2, 0) is 4.74 Å². The van der Waals surface area contributed by atoms with Crippen LogP contribution < -0.4 is 0 Å². The van der Waals surface area contributed by atoms with E-state index in [1.54, 1.807) is 6.92 Å². The molecule has 0 amide bonds. The van der Waals surface area contributed by atoms with E-state index >= 15 is 0 Å². The number of rotatable bonds is 0. The van der Waals surface area contributed by atoms with Gasteiger partial charge in [0.1, 0.15) is 17.8 Å². The number of halogens is 1. The molecule has 4 atom stereocenters. The summed E-state index contributed by atoms with van der Waals surface area (Å²) < 4.78 is 5.16. The van der Waals surface area contributed by atoms with Crippen molar-refractivity contribution in [2.24, 2.45) is 0 Å². The third kappa shape index (κ3) is 0.428. The van der Waals surface area contributed by atoms with Gasteiger partial charge in [-0.15, -0.1) is 11.6 Å². The van der Waals surface area contributed by atoms with Gasteiger partial charge in [0.25, 0.3) is 0 Å². The number of aliphatic hydroxyl groups is 1. The van der Waals surface area contributed by atoms with Gasteiger partial charge in [0.05, 0.1) is 4.87 Å². The third-order valence-electron chi connectivity index (χ3n) is 2.43. The fourth-order valence-corrected chi connectivity index (χ4v) is 2.19. The van der Waals surface area contributed by atoms with E-state index in [9.17, 15) is 5.11 Å². The summed E-state index contributed by atoms with van der Waals surface area (Å²) in [5.74, 6) is 0. The molecule has 0 spiro atoms. The summed E-state index contributed by atoms with van der Waals surface area (Å²) in [7, 11) is 0. The first-order valence-electron chi connectivity index (χ1n) is 3.04. The van der Waals surface area contributed by atoms with Crippen LogP contribution in [0.5, 0.6) is 0 Å². The molecule has 4 unspecified atom stereocenters. The summed E-state index contributed by atoms with van der Waals surface area (Å²) in [5, 5.41) is 9.29. The fourth-order valence-electron chi connectivity index (χ4n) is 1.71. The maximum Gasteiger partial charge on any atom is 0.121 e. The average molecular weight is 149 g/mol. The lowest BCUT2D eigenvalue weighted by atomic mass is 9.73. The largest absolute Gasteiger partial charge is 0.388 e. The highest BCUT2D eigenvalue weighted by molar-refractivity contribution is 6.26. The zero-order valence-corrected chi connectivity index (χ0v) is 6.14. The van der Waals surface area contributed by atoms with Gasteiger partial charge in [-0.05, 0) is 13.8 Å². The second-order valence-corrected chi connectivity index (χ2v) is 4.05. The number of hydrogen-bond donors (Lipinski definition) is 1. The van der Waals surface area contributed by atoms with Crippen LogP contribution in [0, 0.1) is 0 Å². The number of alkyl halides is 1. The van der Waals surface area contributed by atoms with Crippen molar-refractivity contribution in [3.05, 3.63) is 0 Å². The molecule has 0 aromatic carbocycles. The second kappa shape index (κ2) is 1.16. The summed E-state index contributed by atoms with van der Waals surface area (Å²) >= 11 is 5.86. The number of aliphatic hydroxyl groups excluding tert-OH is 1. The van der Waals surface area contributed by atoms with Crippen molar-refractivity contribution in [1.29, 1.82) is 0 Å². The first kappa shape index (κ1) is 5.96. The molecule has 52 valence electrons. The highest BCUT2D eigenvalue weighted by Crippen LogP contribution is 2.62. The van der Waals surface area contributed by atoms with Crippen LogP contribution in [0.25, 0.3) is 0 Å². The molecule has 1 aliphatic heterocycles. The predicted molar refractivity (Wildman–Crippen MR) is 33.5 cm³/mol. The highest BCUT2D eigenvalue weighted by Gasteiger charge is 2.79. The van der Waals surface area contributed by atoms with E-state index in [0.717, 1.165) is 0 Å². The number of hydrogen-bond acceptors (Lipinski definition) is 2. The second-order valence-electron chi connectivity index (χ2n) is 3.24. The molecule has 1 aliphatic carbocycles. The molecule has 0 bridgehead atoms. The maximum absolute atomic E-state index is 9.29. The van der Waals surface area contributed by atoms with Crippen molar-refractivity contribution in [3.63, 3.8) is 0 Å². The van der Waals surface area contributed by atoms with E-state index in [1.807, 2.05) is 6.92 Å². The molecule has 1 saturated heterocycles. The Hall–Kier alpha value is 0.210. The lowest BCUT2D eigenvalue weighted by Crippen LogP contribution is -2.59. The van der Waals surface area contributed by atoms with Crippen LogP contribution >= 0.6 is 11.6 Å². The Labute approximate surface area is 58.8 Å². The van der Waals surface area contributed by atoms with E-state index in [4.69, 9.17) is 16.3 Å². The molecular weight excluding hydrogens is 140 g/mol. The van der Waals surface area contributed by atoms with Gasteiger partial charge in [-0.1, -0.05) is 0 Å². The highest BCUT2D eigenvalue weighted by atomic mass is 35.5. The van der Waals surface area contributed by atoms with Gasteiger partial charge in [-0.2, -0.15) is 0 Å². The summed E-state index contributed by atoms with van der Waals surface area (Å²) in [6.45, 7) is 3.69. The van der Waals surface area contributed by atoms with Crippen LogP contribution in [0.4, 0.5) is 0 Å². The molecule has 0 radical (unpaired) electrons. The SMILES string of the molecule is CC1(Cl)C(O)C2(C)OC12. The molecule has 2 aliphatic rings. The number of ether oxygens (including phenoxy) is 1. The van der Waals surface area contributed by atoms with E-state index in [2.05, 4.69) is 0 Å². The standard InChI is InChI=1S/C6H9ClO2/c1-5(7)3(8)6(2)4(5)9-6/h3-4,8H,1-2H3. The molecule has 1 heterocycles. The van der Waals surface area contributed by atoms with Crippen molar-refractivity contribution >= 4 is 11.6 Å². The molecule has 9 heavy (non-hydrogen) atoms. The Morgan fingerprint density at radius 2 is 2.11 bits per heavy atom. The normalized spacial score (nSPS) is 70.7. The zero-order valence-electron chi connectivity index (χ0n) is 5.39. The van der Waals surface area contributed by atoms with Gasteiger partial charge in [0.2, 0.25) is 0 Å². The molecule has 0 aromatic rings. The van der Waals surface area contributed by atoms with Gasteiger partial charge in [-0.25, -0.2) is 0 Å². The van der Waals surface area contributed by atoms with E-state index < -0.39 is 11.0 Å². The average Bonchev–Trinajstić information content (AvgIpc) is 2.41. The Morgan fingerprint density at radius 1 is 1.56 bits per heavy atom. The fraction of sp³-hybridized carbons (Fsp3) is 1.00. The third-order valence-corrected chi connectivity index (χ3v) is 2.83. The van der Waals surface area contributed by atoms with Crippen molar-refractivity contribution in [1.82, 2.24) is 0 Å². The van der Waals surface area contributed by atoms with Crippen LogP contribution in [-0.4, -0.2) is 27.8 Å². The Kier molecular flexibility index (Phi) is 0.765. The van der Waals surface area contributed by atoms with E-state index in [-0.39, 0.29) is 11.7 Å². The van der Waals surface area contributed by atoms with Gasteiger partial charge < -0.3 is 9.84 Å². The van der Waals surface area contributed by atoms with Crippen molar-refractivity contribution < 1.29 is 9.84 Å². The Morgan fingerprint density at radius 3 is 2.22 bits per heavy atom. The predicted octanol–water partition coefficient (Wildman–Crippen LogP) is 0.516. The first-order valence-corrected chi connectivity index (χ1v) is 3.42. The van der Waals surface area contributed by atoms with Crippen LogP contribution in [0.3, 0.4) is 0 Å². The molecule has 1 saturated carbocycles. The zero-order chi connectivity index (χ0) is 6.86. The van der Waals surface area contributed by atoms with Crippen LogP contribution in [0.2, 0.25) is 0 Å². The van der Waals surface area contributed by atoms with Gasteiger partial charge in [0.15, 0.2) is 0 Å². The van der Waals surface area contributed by atoms with E-state index in [1.165, 1.54) is 0 Å². The van der Waals surface area contributed by atoms with Gasteiger partial charge >= 0.3 is 0 Å². The molecular formula is C6H9ClO2. The van der Waals surface area contributed by atoms with Gasteiger partial charge in [0, 0.05) is 0 Å². The van der Waals surface area contributed by atoms with Crippen molar-refractivity contribution in [2.75, 3.05) is 0 Å². The summed E-state index contributed by atoms with van der Waals surface area (Å²) in [6.07, 6.45) is -0.404.